The van der Waals surface area contributed by atoms with Crippen molar-refractivity contribution in [3.8, 4) is 0 Å². The minimum Gasteiger partial charge on any atom is -0.290 e. The highest BCUT2D eigenvalue weighted by Gasteiger charge is 2.66. The molecular weight excluding hydrogens is 307 g/mol. The zero-order valence-electron chi connectivity index (χ0n) is 14.4. The normalized spacial score (nSPS) is 51.7. The highest BCUT2D eigenvalue weighted by molar-refractivity contribution is 7.99. The second-order valence-corrected chi connectivity index (χ2v) is 9.57. The molecule has 1 unspecified atom stereocenters. The molecule has 3 saturated carbocycles. The number of thioether (sulfide) groups is 1. The van der Waals surface area contributed by atoms with Crippen LogP contribution in [0.15, 0.2) is 23.8 Å². The van der Waals surface area contributed by atoms with Gasteiger partial charge in [-0.05, 0) is 81.1 Å². The lowest BCUT2D eigenvalue weighted by molar-refractivity contribution is -0.120. The Balaban J connectivity index is 1.75. The predicted molar refractivity (Wildman–Crippen MR) is 94.3 cm³/mol. The first kappa shape index (κ1) is 15.9. The number of alkyl halides is 1. The van der Waals surface area contributed by atoms with E-state index in [1.807, 2.05) is 24.8 Å². The number of ketones is 1. The summed E-state index contributed by atoms with van der Waals surface area (Å²) in [6.45, 7) is 4.46. The second-order valence-electron chi connectivity index (χ2n) is 8.53. The van der Waals surface area contributed by atoms with Crippen molar-refractivity contribution in [2.45, 2.75) is 63.3 Å². The van der Waals surface area contributed by atoms with E-state index < -0.39 is 11.1 Å². The summed E-state index contributed by atoms with van der Waals surface area (Å²) in [7, 11) is 0. The fourth-order valence-electron chi connectivity index (χ4n) is 6.43. The van der Waals surface area contributed by atoms with Crippen molar-refractivity contribution in [3.05, 3.63) is 23.8 Å². The summed E-state index contributed by atoms with van der Waals surface area (Å²) >= 11 is 1.98. The van der Waals surface area contributed by atoms with Gasteiger partial charge in [-0.3, -0.25) is 4.79 Å². The lowest BCUT2D eigenvalue weighted by Gasteiger charge is -2.60. The smallest absolute Gasteiger partial charge is 0.178 e. The third-order valence-electron chi connectivity index (χ3n) is 7.86. The van der Waals surface area contributed by atoms with Crippen LogP contribution in [0.2, 0.25) is 0 Å². The molecule has 6 atom stereocenters. The van der Waals surface area contributed by atoms with Crippen LogP contribution in [0.3, 0.4) is 0 Å². The first-order valence-electron chi connectivity index (χ1n) is 9.01. The van der Waals surface area contributed by atoms with Crippen molar-refractivity contribution >= 4 is 17.5 Å². The molecule has 3 heteroatoms. The van der Waals surface area contributed by atoms with Crippen LogP contribution in [0.25, 0.3) is 0 Å². The fraction of sp³-hybridized carbons (Fsp3) is 0.750. The number of rotatable bonds is 1. The standard InChI is InChI=1S/C20H27FOS/c1-18-10-11-20(21)16(15(18)6-7-17(18)23-3)5-4-13-12-14(22)8-9-19(13,20)2/h8-9,12,15-17H,4-7,10-11H2,1-3H3/t15-,16-,17?,18-,19-,20+/m0/s1. The summed E-state index contributed by atoms with van der Waals surface area (Å²) in [5, 5.41) is 0.685. The van der Waals surface area contributed by atoms with Crippen LogP contribution in [-0.2, 0) is 4.79 Å². The Morgan fingerprint density at radius 3 is 2.70 bits per heavy atom. The number of carbonyl (C=O) groups excluding carboxylic acids is 1. The molecule has 0 aromatic rings. The maximum Gasteiger partial charge on any atom is 0.178 e. The lowest BCUT2D eigenvalue weighted by atomic mass is 9.47. The zero-order chi connectivity index (χ0) is 16.5. The van der Waals surface area contributed by atoms with Gasteiger partial charge in [0.1, 0.15) is 5.67 Å². The van der Waals surface area contributed by atoms with Crippen molar-refractivity contribution in [2.75, 3.05) is 6.26 Å². The maximum atomic E-state index is 16.5. The second kappa shape index (κ2) is 4.97. The van der Waals surface area contributed by atoms with Gasteiger partial charge in [0.25, 0.3) is 0 Å². The maximum absolute atomic E-state index is 16.5. The first-order chi connectivity index (χ1) is 10.8. The Morgan fingerprint density at radius 2 is 1.96 bits per heavy atom. The van der Waals surface area contributed by atoms with E-state index in [-0.39, 0.29) is 11.7 Å². The van der Waals surface area contributed by atoms with Crippen molar-refractivity contribution in [2.24, 2.45) is 22.7 Å². The van der Waals surface area contributed by atoms with Crippen LogP contribution < -0.4 is 0 Å². The third kappa shape index (κ3) is 1.89. The monoisotopic (exact) mass is 334 g/mol. The fourth-order valence-corrected chi connectivity index (χ4v) is 7.63. The minimum absolute atomic E-state index is 0.0310. The highest BCUT2D eigenvalue weighted by atomic mass is 32.2. The first-order valence-corrected chi connectivity index (χ1v) is 10.3. The van der Waals surface area contributed by atoms with Crippen LogP contribution in [0.5, 0.6) is 0 Å². The van der Waals surface area contributed by atoms with E-state index in [4.69, 9.17) is 0 Å². The molecule has 0 amide bonds. The molecule has 0 radical (unpaired) electrons. The van der Waals surface area contributed by atoms with Crippen molar-refractivity contribution in [1.29, 1.82) is 0 Å². The number of fused-ring (bicyclic) bond motifs is 5. The number of halogens is 1. The van der Waals surface area contributed by atoms with Crippen molar-refractivity contribution < 1.29 is 9.18 Å². The van der Waals surface area contributed by atoms with Crippen LogP contribution in [0, 0.1) is 22.7 Å². The molecule has 4 aliphatic carbocycles. The van der Waals surface area contributed by atoms with Crippen molar-refractivity contribution in [1.82, 2.24) is 0 Å². The van der Waals surface area contributed by atoms with E-state index in [0.717, 1.165) is 24.8 Å². The Hall–Kier alpha value is -0.570. The average molecular weight is 335 g/mol. The number of hydrogen-bond donors (Lipinski definition) is 0. The summed E-state index contributed by atoms with van der Waals surface area (Å²) in [4.78, 5) is 11.8. The molecule has 1 nitrogen and oxygen atoms in total. The lowest BCUT2D eigenvalue weighted by Crippen LogP contribution is -2.60. The van der Waals surface area contributed by atoms with E-state index in [9.17, 15) is 4.79 Å². The Morgan fingerprint density at radius 1 is 1.17 bits per heavy atom. The van der Waals surface area contributed by atoms with Gasteiger partial charge in [0.15, 0.2) is 5.78 Å². The van der Waals surface area contributed by atoms with Crippen LogP contribution in [-0.4, -0.2) is 23.0 Å². The summed E-state index contributed by atoms with van der Waals surface area (Å²) in [5.74, 6) is 0.685. The van der Waals surface area contributed by atoms with E-state index in [0.29, 0.717) is 23.0 Å². The van der Waals surface area contributed by atoms with Crippen LogP contribution in [0.4, 0.5) is 4.39 Å². The van der Waals surface area contributed by atoms with Gasteiger partial charge in [-0.1, -0.05) is 18.6 Å². The van der Waals surface area contributed by atoms with Gasteiger partial charge in [0, 0.05) is 10.7 Å². The Bertz CT molecular complexity index is 611. The van der Waals surface area contributed by atoms with Crippen LogP contribution in [0.1, 0.15) is 52.4 Å². The number of allylic oxidation sites excluding steroid dienone is 4. The molecule has 4 rings (SSSR count). The number of carbonyl (C=O) groups is 1. The molecule has 0 aromatic heterocycles. The molecule has 0 bridgehead atoms. The molecular formula is C20H27FOS. The molecule has 0 aromatic carbocycles. The molecule has 0 saturated heterocycles. The molecule has 0 N–H and O–H groups in total. The molecule has 126 valence electrons. The summed E-state index contributed by atoms with van der Waals surface area (Å²) in [6, 6.07) is 0. The average Bonchev–Trinajstić information content (AvgIpc) is 2.86. The van der Waals surface area contributed by atoms with E-state index >= 15 is 4.39 Å². The predicted octanol–water partition coefficient (Wildman–Crippen LogP) is 5.12. The SMILES string of the molecule is CSC1CC[C@H]2[C@@H]3CCC4=CC(=O)C=C[C@]4(C)[C@@]3(F)CC[C@]12C. The van der Waals surface area contributed by atoms with Gasteiger partial charge in [0.2, 0.25) is 0 Å². The van der Waals surface area contributed by atoms with Gasteiger partial charge >= 0.3 is 0 Å². The largest absolute Gasteiger partial charge is 0.290 e. The van der Waals surface area contributed by atoms with Gasteiger partial charge < -0.3 is 0 Å². The van der Waals surface area contributed by atoms with Gasteiger partial charge in [0.05, 0.1) is 0 Å². The summed E-state index contributed by atoms with van der Waals surface area (Å²) in [6.07, 6.45) is 13.3. The minimum atomic E-state index is -1.17. The Kier molecular flexibility index (Phi) is 3.44. The molecule has 4 aliphatic rings. The topological polar surface area (TPSA) is 17.1 Å². The van der Waals surface area contributed by atoms with E-state index in [1.165, 1.54) is 12.8 Å². The van der Waals surface area contributed by atoms with Gasteiger partial charge in [-0.25, -0.2) is 4.39 Å². The summed E-state index contributed by atoms with van der Waals surface area (Å²) in [5.41, 5.74) is -0.411. The molecule has 0 spiro atoms. The third-order valence-corrected chi connectivity index (χ3v) is 9.20. The Labute approximate surface area is 143 Å². The molecule has 0 heterocycles. The van der Waals surface area contributed by atoms with Gasteiger partial charge in [-0.2, -0.15) is 11.8 Å². The molecule has 0 aliphatic heterocycles. The zero-order valence-corrected chi connectivity index (χ0v) is 15.2. The molecule has 23 heavy (non-hydrogen) atoms. The highest BCUT2D eigenvalue weighted by Crippen LogP contribution is 2.68. The van der Waals surface area contributed by atoms with Crippen LogP contribution >= 0.6 is 11.8 Å². The summed E-state index contributed by atoms with van der Waals surface area (Å²) < 4.78 is 16.5. The van der Waals surface area contributed by atoms with Gasteiger partial charge in [-0.15, -0.1) is 0 Å². The number of hydrogen-bond acceptors (Lipinski definition) is 2. The quantitative estimate of drug-likeness (QED) is 0.662. The molecule has 3 fully saturated rings. The van der Waals surface area contributed by atoms with E-state index in [1.54, 1.807) is 12.2 Å². The van der Waals surface area contributed by atoms with Crippen molar-refractivity contribution in [3.63, 3.8) is 0 Å². The van der Waals surface area contributed by atoms with E-state index in [2.05, 4.69) is 13.2 Å².